The van der Waals surface area contributed by atoms with Crippen molar-refractivity contribution in [2.75, 3.05) is 31.5 Å². The first kappa shape index (κ1) is 26.9. The number of amides is 2. The predicted molar refractivity (Wildman–Crippen MR) is 143 cm³/mol. The SMILES string of the molecule is O=C(Nc1ccccc1C(=O)N1CCCCCC1)C1CCN(S(=O)(=O)Cc2ccc(Cl)cc2Cl)CC1. The largest absolute Gasteiger partial charge is 0.339 e. The molecule has 0 bridgehead atoms. The molecule has 2 heterocycles. The molecule has 1 N–H and O–H groups in total. The van der Waals surface area contributed by atoms with E-state index >= 15 is 0 Å². The first-order valence-electron chi connectivity index (χ1n) is 12.4. The maximum absolute atomic E-state index is 13.2. The van der Waals surface area contributed by atoms with Gasteiger partial charge in [0.1, 0.15) is 0 Å². The summed E-state index contributed by atoms with van der Waals surface area (Å²) in [5.41, 5.74) is 1.49. The van der Waals surface area contributed by atoms with Gasteiger partial charge >= 0.3 is 0 Å². The Morgan fingerprint density at radius 1 is 0.917 bits per heavy atom. The van der Waals surface area contributed by atoms with Crippen molar-refractivity contribution in [3.05, 3.63) is 63.6 Å². The number of para-hydroxylation sites is 1. The molecular formula is C26H31Cl2N3O4S. The molecule has 2 aliphatic rings. The van der Waals surface area contributed by atoms with E-state index in [9.17, 15) is 18.0 Å². The van der Waals surface area contributed by atoms with Crippen LogP contribution >= 0.6 is 23.2 Å². The average molecular weight is 553 g/mol. The molecule has 2 amide bonds. The molecule has 0 unspecified atom stereocenters. The Labute approximate surface area is 222 Å². The fourth-order valence-electron chi connectivity index (χ4n) is 4.78. The summed E-state index contributed by atoms with van der Waals surface area (Å²) >= 11 is 12.1. The lowest BCUT2D eigenvalue weighted by Crippen LogP contribution is -2.42. The number of rotatable bonds is 6. The average Bonchev–Trinajstić information content (AvgIpc) is 3.15. The lowest BCUT2D eigenvalue weighted by Gasteiger charge is -2.31. The van der Waals surface area contributed by atoms with E-state index in [1.54, 1.807) is 36.4 Å². The van der Waals surface area contributed by atoms with Crippen LogP contribution in [0.5, 0.6) is 0 Å². The van der Waals surface area contributed by atoms with Gasteiger partial charge in [0.15, 0.2) is 0 Å². The van der Waals surface area contributed by atoms with E-state index in [4.69, 9.17) is 23.2 Å². The van der Waals surface area contributed by atoms with Gasteiger partial charge in [-0.1, -0.05) is 54.2 Å². The van der Waals surface area contributed by atoms with Crippen molar-refractivity contribution in [2.45, 2.75) is 44.3 Å². The van der Waals surface area contributed by atoms with E-state index in [0.717, 1.165) is 38.8 Å². The summed E-state index contributed by atoms with van der Waals surface area (Å²) in [6.07, 6.45) is 5.05. The summed E-state index contributed by atoms with van der Waals surface area (Å²) in [5, 5.41) is 3.70. The van der Waals surface area contributed by atoms with Crippen molar-refractivity contribution in [1.82, 2.24) is 9.21 Å². The third kappa shape index (κ3) is 6.59. The molecule has 2 fully saturated rings. The number of nitrogens with zero attached hydrogens (tertiary/aromatic N) is 2. The minimum atomic E-state index is -3.59. The fourth-order valence-corrected chi connectivity index (χ4v) is 6.93. The maximum Gasteiger partial charge on any atom is 0.255 e. The third-order valence-corrected chi connectivity index (χ3v) is 9.29. The van der Waals surface area contributed by atoms with E-state index < -0.39 is 10.0 Å². The summed E-state index contributed by atoms with van der Waals surface area (Å²) in [7, 11) is -3.59. The van der Waals surface area contributed by atoms with E-state index in [1.807, 2.05) is 4.90 Å². The number of hydrogen-bond donors (Lipinski definition) is 1. The van der Waals surface area contributed by atoms with Gasteiger partial charge in [0, 0.05) is 42.1 Å². The number of nitrogens with one attached hydrogen (secondary N) is 1. The molecule has 0 aromatic heterocycles. The molecule has 10 heteroatoms. The molecule has 4 rings (SSSR count). The van der Waals surface area contributed by atoms with E-state index in [1.165, 1.54) is 10.4 Å². The summed E-state index contributed by atoms with van der Waals surface area (Å²) in [4.78, 5) is 28.1. The molecular weight excluding hydrogens is 521 g/mol. The maximum atomic E-state index is 13.2. The zero-order chi connectivity index (χ0) is 25.7. The van der Waals surface area contributed by atoms with E-state index in [0.29, 0.717) is 39.7 Å². The molecule has 7 nitrogen and oxygen atoms in total. The molecule has 2 aromatic carbocycles. The molecule has 0 aliphatic carbocycles. The molecule has 36 heavy (non-hydrogen) atoms. The van der Waals surface area contributed by atoms with Crippen LogP contribution in [-0.2, 0) is 20.6 Å². The minimum Gasteiger partial charge on any atom is -0.339 e. The van der Waals surface area contributed by atoms with Crippen LogP contribution in [0, 0.1) is 5.92 Å². The number of carbonyl (C=O) groups is 2. The Morgan fingerprint density at radius 2 is 1.58 bits per heavy atom. The van der Waals surface area contributed by atoms with E-state index in [-0.39, 0.29) is 36.6 Å². The Balaban J connectivity index is 1.36. The highest BCUT2D eigenvalue weighted by Crippen LogP contribution is 2.27. The van der Waals surface area contributed by atoms with Gasteiger partial charge in [0.25, 0.3) is 5.91 Å². The third-order valence-electron chi connectivity index (χ3n) is 6.88. The number of sulfonamides is 1. The van der Waals surface area contributed by atoms with E-state index in [2.05, 4.69) is 5.32 Å². The summed E-state index contributed by atoms with van der Waals surface area (Å²) in [6.45, 7) is 1.96. The van der Waals surface area contributed by atoms with Crippen molar-refractivity contribution in [2.24, 2.45) is 5.92 Å². The number of hydrogen-bond acceptors (Lipinski definition) is 4. The highest BCUT2D eigenvalue weighted by Gasteiger charge is 2.32. The Bertz CT molecular complexity index is 1210. The molecule has 2 saturated heterocycles. The Morgan fingerprint density at radius 3 is 2.25 bits per heavy atom. The van der Waals surface area contributed by atoms with Gasteiger partial charge < -0.3 is 10.2 Å². The topological polar surface area (TPSA) is 86.8 Å². The van der Waals surface area contributed by atoms with Crippen molar-refractivity contribution >= 4 is 50.7 Å². The molecule has 2 aromatic rings. The number of halogens is 2. The first-order chi connectivity index (χ1) is 17.2. The normalized spacial score (nSPS) is 18.0. The number of likely N-dealkylation sites (tertiary alicyclic amines) is 1. The zero-order valence-electron chi connectivity index (χ0n) is 20.1. The van der Waals surface area contributed by atoms with Crippen LogP contribution in [0.1, 0.15) is 54.4 Å². The second-order valence-electron chi connectivity index (χ2n) is 9.41. The lowest BCUT2D eigenvalue weighted by atomic mass is 9.97. The van der Waals surface area contributed by atoms with Gasteiger partial charge in [-0.15, -0.1) is 0 Å². The second kappa shape index (κ2) is 11.9. The van der Waals surface area contributed by atoms with Crippen molar-refractivity contribution in [3.8, 4) is 0 Å². The highest BCUT2D eigenvalue weighted by atomic mass is 35.5. The molecule has 194 valence electrons. The van der Waals surface area contributed by atoms with Crippen molar-refractivity contribution < 1.29 is 18.0 Å². The molecule has 0 atom stereocenters. The number of anilines is 1. The summed E-state index contributed by atoms with van der Waals surface area (Å²) < 4.78 is 27.3. The zero-order valence-corrected chi connectivity index (χ0v) is 22.4. The number of piperidine rings is 1. The van der Waals surface area contributed by atoms with Gasteiger partial charge in [-0.2, -0.15) is 0 Å². The van der Waals surface area contributed by atoms with Gasteiger partial charge in [-0.3, -0.25) is 9.59 Å². The van der Waals surface area contributed by atoms with Crippen LogP contribution in [0.25, 0.3) is 0 Å². The Kier molecular flexibility index (Phi) is 8.93. The van der Waals surface area contributed by atoms with Gasteiger partial charge in [-0.25, -0.2) is 12.7 Å². The van der Waals surface area contributed by atoms with Gasteiger partial charge in [0.2, 0.25) is 15.9 Å². The first-order valence-corrected chi connectivity index (χ1v) is 14.7. The second-order valence-corrected chi connectivity index (χ2v) is 12.2. The van der Waals surface area contributed by atoms with Crippen LogP contribution in [-0.4, -0.2) is 55.6 Å². The standard InChI is InChI=1S/C26H31Cl2N3O4S/c27-21-10-9-20(23(28)17-21)18-36(34,35)31-15-11-19(12-16-31)25(32)29-24-8-4-3-7-22(24)26(33)30-13-5-1-2-6-14-30/h3-4,7-10,17,19H,1-2,5-6,11-16,18H2,(H,29,32). The fraction of sp³-hybridized carbons (Fsp3) is 0.462. The summed E-state index contributed by atoms with van der Waals surface area (Å²) in [5.74, 6) is -0.804. The number of carbonyl (C=O) groups excluding carboxylic acids is 2. The van der Waals surface area contributed by atoms with Crippen LogP contribution in [0.15, 0.2) is 42.5 Å². The minimum absolute atomic E-state index is 0.0606. The monoisotopic (exact) mass is 551 g/mol. The van der Waals surface area contributed by atoms with Crippen LogP contribution in [0.3, 0.4) is 0 Å². The van der Waals surface area contributed by atoms with Crippen LogP contribution in [0.4, 0.5) is 5.69 Å². The van der Waals surface area contributed by atoms with Gasteiger partial charge in [-0.05, 0) is 55.5 Å². The predicted octanol–water partition coefficient (Wildman–Crippen LogP) is 5.19. The lowest BCUT2D eigenvalue weighted by molar-refractivity contribution is -0.120. The smallest absolute Gasteiger partial charge is 0.255 e. The highest BCUT2D eigenvalue weighted by molar-refractivity contribution is 7.88. The van der Waals surface area contributed by atoms with Crippen LogP contribution < -0.4 is 5.32 Å². The molecule has 0 saturated carbocycles. The number of benzene rings is 2. The molecule has 0 spiro atoms. The molecule has 2 aliphatic heterocycles. The van der Waals surface area contributed by atoms with Crippen LogP contribution in [0.2, 0.25) is 10.0 Å². The van der Waals surface area contributed by atoms with Crippen molar-refractivity contribution in [3.63, 3.8) is 0 Å². The summed E-state index contributed by atoms with van der Waals surface area (Å²) in [6, 6.07) is 11.9. The Hall–Kier alpha value is -2.13. The van der Waals surface area contributed by atoms with Crippen molar-refractivity contribution in [1.29, 1.82) is 0 Å². The molecule has 0 radical (unpaired) electrons. The van der Waals surface area contributed by atoms with Gasteiger partial charge in [0.05, 0.1) is 17.0 Å². The quantitative estimate of drug-likeness (QED) is 0.535.